The number of ether oxygens (including phenoxy) is 1. The predicted octanol–water partition coefficient (Wildman–Crippen LogP) is 1.56. The highest BCUT2D eigenvalue weighted by Gasteiger charge is 2.27. The van der Waals surface area contributed by atoms with Gasteiger partial charge in [0.25, 0.3) is 0 Å². The van der Waals surface area contributed by atoms with Crippen molar-refractivity contribution >= 4 is 21.4 Å². The number of sulfonamides is 1. The van der Waals surface area contributed by atoms with E-state index in [1.165, 1.54) is 28.5 Å². The average Bonchev–Trinajstić information content (AvgIpc) is 3.15. The third kappa shape index (κ3) is 3.59. The van der Waals surface area contributed by atoms with Crippen LogP contribution in [-0.2, 0) is 21.3 Å². The topological polar surface area (TPSA) is 72.6 Å². The summed E-state index contributed by atoms with van der Waals surface area (Å²) in [5.74, 6) is 0.694. The SMILES string of the molecule is Cc1csc(CN)c1S(=O)(=O)N(C)CCOCC1CC1. The van der Waals surface area contributed by atoms with Crippen LogP contribution < -0.4 is 5.73 Å². The van der Waals surface area contributed by atoms with Gasteiger partial charge in [-0.05, 0) is 36.6 Å². The van der Waals surface area contributed by atoms with Gasteiger partial charge in [-0.25, -0.2) is 8.42 Å². The van der Waals surface area contributed by atoms with Gasteiger partial charge in [-0.2, -0.15) is 4.31 Å². The molecule has 0 unspecified atom stereocenters. The summed E-state index contributed by atoms with van der Waals surface area (Å²) in [4.78, 5) is 1.09. The quantitative estimate of drug-likeness (QED) is 0.738. The van der Waals surface area contributed by atoms with Gasteiger partial charge >= 0.3 is 0 Å². The zero-order valence-electron chi connectivity index (χ0n) is 12.0. The lowest BCUT2D eigenvalue weighted by Crippen LogP contribution is -2.31. The first-order valence-corrected chi connectivity index (χ1v) is 9.10. The number of thiophene rings is 1. The molecule has 1 heterocycles. The molecule has 114 valence electrons. The summed E-state index contributed by atoms with van der Waals surface area (Å²) >= 11 is 1.40. The molecule has 0 aliphatic heterocycles. The fourth-order valence-electron chi connectivity index (χ4n) is 1.98. The number of nitrogens with two attached hydrogens (primary N) is 1. The summed E-state index contributed by atoms with van der Waals surface area (Å²) in [5.41, 5.74) is 6.39. The molecule has 1 aromatic rings. The summed E-state index contributed by atoms with van der Waals surface area (Å²) < 4.78 is 32.0. The van der Waals surface area contributed by atoms with Gasteiger partial charge in [0.15, 0.2) is 0 Å². The Morgan fingerprint density at radius 1 is 1.50 bits per heavy atom. The van der Waals surface area contributed by atoms with Crippen LogP contribution in [0, 0.1) is 12.8 Å². The smallest absolute Gasteiger partial charge is 0.244 e. The number of likely N-dealkylation sites (N-methyl/N-ethyl adjacent to an activating group) is 1. The molecule has 0 radical (unpaired) electrons. The molecule has 1 aliphatic carbocycles. The fourth-order valence-corrected chi connectivity index (χ4v) is 4.78. The summed E-state index contributed by atoms with van der Waals surface area (Å²) in [7, 11) is -1.88. The van der Waals surface area contributed by atoms with Crippen molar-refractivity contribution in [3.05, 3.63) is 15.8 Å². The monoisotopic (exact) mass is 318 g/mol. The molecule has 0 aromatic carbocycles. The van der Waals surface area contributed by atoms with Crippen molar-refractivity contribution in [2.75, 3.05) is 26.8 Å². The third-order valence-electron chi connectivity index (χ3n) is 3.44. The first-order valence-electron chi connectivity index (χ1n) is 6.78. The minimum atomic E-state index is -3.47. The van der Waals surface area contributed by atoms with Crippen molar-refractivity contribution in [3.8, 4) is 0 Å². The molecule has 0 saturated heterocycles. The van der Waals surface area contributed by atoms with Crippen molar-refractivity contribution in [1.29, 1.82) is 0 Å². The second kappa shape index (κ2) is 6.53. The van der Waals surface area contributed by atoms with Crippen LogP contribution >= 0.6 is 11.3 Å². The van der Waals surface area contributed by atoms with Gasteiger partial charge in [0, 0.05) is 31.6 Å². The Morgan fingerprint density at radius 2 is 2.20 bits per heavy atom. The molecule has 0 amide bonds. The van der Waals surface area contributed by atoms with E-state index in [9.17, 15) is 8.42 Å². The molecule has 0 atom stereocenters. The number of hydrogen-bond donors (Lipinski definition) is 1. The summed E-state index contributed by atoms with van der Waals surface area (Å²) in [6.45, 7) is 3.61. The summed E-state index contributed by atoms with van der Waals surface area (Å²) in [5, 5.41) is 1.84. The lowest BCUT2D eigenvalue weighted by molar-refractivity contribution is 0.117. The predicted molar refractivity (Wildman–Crippen MR) is 80.3 cm³/mol. The Bertz CT molecular complexity index is 550. The molecule has 0 bridgehead atoms. The van der Waals surface area contributed by atoms with E-state index in [0.717, 1.165) is 12.2 Å². The molecule has 5 nitrogen and oxygen atoms in total. The summed E-state index contributed by atoms with van der Waals surface area (Å²) in [6.07, 6.45) is 2.48. The van der Waals surface area contributed by atoms with Gasteiger partial charge in [-0.1, -0.05) is 0 Å². The molecule has 0 spiro atoms. The molecule has 1 saturated carbocycles. The van der Waals surface area contributed by atoms with Crippen molar-refractivity contribution < 1.29 is 13.2 Å². The van der Waals surface area contributed by atoms with Crippen LogP contribution in [0.15, 0.2) is 10.3 Å². The second-order valence-corrected chi connectivity index (χ2v) is 8.17. The summed E-state index contributed by atoms with van der Waals surface area (Å²) in [6, 6.07) is 0. The third-order valence-corrected chi connectivity index (χ3v) is 6.79. The molecule has 1 aromatic heterocycles. The van der Waals surface area contributed by atoms with E-state index in [1.54, 1.807) is 14.0 Å². The first-order chi connectivity index (χ1) is 9.46. The Kier molecular flexibility index (Phi) is 5.19. The van der Waals surface area contributed by atoms with Gasteiger partial charge in [0.1, 0.15) is 4.90 Å². The van der Waals surface area contributed by atoms with Crippen molar-refractivity contribution in [2.45, 2.75) is 31.2 Å². The molecule has 2 rings (SSSR count). The van der Waals surface area contributed by atoms with Crippen LogP contribution in [0.3, 0.4) is 0 Å². The largest absolute Gasteiger partial charge is 0.380 e. The van der Waals surface area contributed by atoms with E-state index < -0.39 is 10.0 Å². The van der Waals surface area contributed by atoms with E-state index >= 15 is 0 Å². The van der Waals surface area contributed by atoms with Gasteiger partial charge in [0.05, 0.1) is 6.61 Å². The average molecular weight is 318 g/mol. The molecular weight excluding hydrogens is 296 g/mol. The lowest BCUT2D eigenvalue weighted by Gasteiger charge is -2.18. The molecule has 20 heavy (non-hydrogen) atoms. The minimum Gasteiger partial charge on any atom is -0.380 e. The Morgan fingerprint density at radius 3 is 2.80 bits per heavy atom. The maximum Gasteiger partial charge on any atom is 0.244 e. The maximum absolute atomic E-state index is 12.6. The maximum atomic E-state index is 12.6. The van der Waals surface area contributed by atoms with E-state index in [-0.39, 0.29) is 6.54 Å². The molecular formula is C13H22N2O3S2. The van der Waals surface area contributed by atoms with Gasteiger partial charge < -0.3 is 10.5 Å². The highest BCUT2D eigenvalue weighted by molar-refractivity contribution is 7.89. The highest BCUT2D eigenvalue weighted by atomic mass is 32.2. The standard InChI is InChI=1S/C13H22N2O3S2/c1-10-9-19-12(7-14)13(10)20(16,17)15(2)5-6-18-8-11-3-4-11/h9,11H,3-8,14H2,1-2H3. The van der Waals surface area contributed by atoms with Crippen LogP contribution in [0.5, 0.6) is 0 Å². The molecule has 1 fully saturated rings. The number of aryl methyl sites for hydroxylation is 1. The Hall–Kier alpha value is -0.470. The Labute approximate surface area is 124 Å². The van der Waals surface area contributed by atoms with Crippen molar-refractivity contribution in [2.24, 2.45) is 11.7 Å². The number of nitrogens with zero attached hydrogens (tertiary/aromatic N) is 1. The van der Waals surface area contributed by atoms with E-state index in [0.29, 0.717) is 28.8 Å². The zero-order valence-corrected chi connectivity index (χ0v) is 13.6. The van der Waals surface area contributed by atoms with Crippen molar-refractivity contribution in [3.63, 3.8) is 0 Å². The first kappa shape index (κ1) is 15.9. The number of rotatable bonds is 8. The van der Waals surface area contributed by atoms with Crippen LogP contribution in [0.25, 0.3) is 0 Å². The highest BCUT2D eigenvalue weighted by Crippen LogP contribution is 2.29. The van der Waals surface area contributed by atoms with Crippen LogP contribution in [0.4, 0.5) is 0 Å². The minimum absolute atomic E-state index is 0.249. The Balaban J connectivity index is 1.98. The van der Waals surface area contributed by atoms with Crippen LogP contribution in [-0.4, -0.2) is 39.5 Å². The van der Waals surface area contributed by atoms with Crippen LogP contribution in [0.1, 0.15) is 23.3 Å². The molecule has 1 aliphatic rings. The van der Waals surface area contributed by atoms with Crippen LogP contribution in [0.2, 0.25) is 0 Å². The van der Waals surface area contributed by atoms with E-state index in [4.69, 9.17) is 10.5 Å². The van der Waals surface area contributed by atoms with Gasteiger partial charge in [0.2, 0.25) is 10.0 Å². The normalized spacial score (nSPS) is 16.0. The van der Waals surface area contributed by atoms with Gasteiger partial charge in [-0.3, -0.25) is 0 Å². The van der Waals surface area contributed by atoms with Gasteiger partial charge in [-0.15, -0.1) is 11.3 Å². The fraction of sp³-hybridized carbons (Fsp3) is 0.692. The van der Waals surface area contributed by atoms with E-state index in [2.05, 4.69) is 0 Å². The lowest BCUT2D eigenvalue weighted by atomic mass is 10.3. The van der Waals surface area contributed by atoms with Crippen molar-refractivity contribution in [1.82, 2.24) is 4.31 Å². The molecule has 7 heteroatoms. The number of hydrogen-bond acceptors (Lipinski definition) is 5. The zero-order chi connectivity index (χ0) is 14.8. The van der Waals surface area contributed by atoms with E-state index in [1.807, 2.05) is 5.38 Å². The second-order valence-electron chi connectivity index (χ2n) is 5.22. The molecule has 2 N–H and O–H groups in total.